The SMILES string of the molecule is CCCCCCCCOC(=O)CC[C@@H](C)C1CC[C@H]2C3C(OC(=O)C(C)(C)CC(C)(C)N)CC4C[C@H](OC=O)CC[C@]4(C)[C@H]3C[C@H](OC(=O)C(C)(C)CC(C)(C)N)[C@]12C. The van der Waals surface area contributed by atoms with Crippen molar-refractivity contribution in [1.29, 1.82) is 0 Å². The molecule has 4 fully saturated rings. The van der Waals surface area contributed by atoms with Crippen molar-refractivity contribution < 1.29 is 38.1 Å². The summed E-state index contributed by atoms with van der Waals surface area (Å²) in [6.45, 7) is 25.7. The average Bonchev–Trinajstić information content (AvgIpc) is 3.47. The maximum absolute atomic E-state index is 14.4. The Morgan fingerprint density at radius 1 is 0.780 bits per heavy atom. The normalized spacial score (nSPS) is 32.8. The molecule has 4 N–H and O–H groups in total. The predicted octanol–water partition coefficient (Wildman–Crippen LogP) is 9.86. The third kappa shape index (κ3) is 12.0. The van der Waals surface area contributed by atoms with Crippen molar-refractivity contribution in [2.24, 2.45) is 68.6 Å². The van der Waals surface area contributed by atoms with Crippen LogP contribution in [-0.2, 0) is 38.1 Å². The van der Waals surface area contributed by atoms with Crippen LogP contribution in [0.1, 0.15) is 192 Å². The number of ether oxygens (including phenoxy) is 4. The Kier molecular flexibility index (Phi) is 16.3. The molecule has 0 aromatic heterocycles. The highest BCUT2D eigenvalue weighted by Crippen LogP contribution is 2.69. The number of esters is 3. The summed E-state index contributed by atoms with van der Waals surface area (Å²) in [7, 11) is 0. The summed E-state index contributed by atoms with van der Waals surface area (Å²) in [5.74, 6) is 0.196. The van der Waals surface area contributed by atoms with Gasteiger partial charge in [0.2, 0.25) is 0 Å². The summed E-state index contributed by atoms with van der Waals surface area (Å²) in [6, 6.07) is 0. The van der Waals surface area contributed by atoms with Gasteiger partial charge in [0.15, 0.2) is 0 Å². The van der Waals surface area contributed by atoms with Gasteiger partial charge in [0, 0.05) is 28.8 Å². The molecule has 0 spiro atoms. The second-order valence-electron chi connectivity index (χ2n) is 23.1. The quantitative estimate of drug-likeness (QED) is 0.0494. The van der Waals surface area contributed by atoms with E-state index in [2.05, 4.69) is 27.7 Å². The highest BCUT2D eigenvalue weighted by molar-refractivity contribution is 5.77. The zero-order chi connectivity index (χ0) is 44.2. The second-order valence-corrected chi connectivity index (χ2v) is 23.1. The Bertz CT molecular complexity index is 1430. The Morgan fingerprint density at radius 2 is 1.37 bits per heavy atom. The number of nitrogens with two attached hydrogens (primary N) is 2. The van der Waals surface area contributed by atoms with Crippen molar-refractivity contribution in [2.75, 3.05) is 6.61 Å². The lowest BCUT2D eigenvalue weighted by Crippen LogP contribution is -2.64. The molecular weight excluding hydrogens is 745 g/mol. The monoisotopic (exact) mass is 831 g/mol. The van der Waals surface area contributed by atoms with Crippen molar-refractivity contribution >= 4 is 24.4 Å². The maximum atomic E-state index is 14.4. The van der Waals surface area contributed by atoms with Gasteiger partial charge in [-0.15, -0.1) is 0 Å². The number of hydrogen-bond acceptors (Lipinski definition) is 10. The summed E-state index contributed by atoms with van der Waals surface area (Å²) in [4.78, 5) is 53.3. The molecule has 11 atom stereocenters. The number of hydrogen-bond donors (Lipinski definition) is 2. The third-order valence-corrected chi connectivity index (χ3v) is 15.7. The number of rotatable bonds is 21. The van der Waals surface area contributed by atoms with Crippen LogP contribution in [0.25, 0.3) is 0 Å². The first-order valence-electron chi connectivity index (χ1n) is 23.5. The maximum Gasteiger partial charge on any atom is 0.311 e. The first kappa shape index (κ1) is 49.5. The fraction of sp³-hybridized carbons (Fsp3) is 0.918. The Labute approximate surface area is 358 Å². The standard InChI is InChI=1S/C49H86N2O8/c1-13-14-15-16-17-18-25-56-40(53)22-19-32(2)35-20-21-36-41-37(28-39(49(35,36)12)59-43(55)45(5,6)30-47(9,10)51)48(11)24-23-34(57-31-52)26-33(48)27-38(41)58-42(54)44(3,4)29-46(7,8)50/h31-39,41H,13-30,50-51H2,1-12H3/t32-,33?,34-,35?,36+,37+,38?,39+,41?,48+,49-/m1/s1. The van der Waals surface area contributed by atoms with E-state index in [9.17, 15) is 19.2 Å². The molecule has 0 heterocycles. The van der Waals surface area contributed by atoms with Gasteiger partial charge in [-0.1, -0.05) is 59.8 Å². The van der Waals surface area contributed by atoms with Gasteiger partial charge in [-0.2, -0.15) is 0 Å². The molecule has 0 amide bonds. The number of carbonyl (C=O) groups excluding carboxylic acids is 4. The molecule has 10 nitrogen and oxygen atoms in total. The molecule has 0 bridgehead atoms. The third-order valence-electron chi connectivity index (χ3n) is 15.7. The van der Waals surface area contributed by atoms with Crippen LogP contribution < -0.4 is 11.5 Å². The first-order chi connectivity index (χ1) is 27.3. The topological polar surface area (TPSA) is 157 Å². The van der Waals surface area contributed by atoms with Gasteiger partial charge >= 0.3 is 17.9 Å². The van der Waals surface area contributed by atoms with Crippen LogP contribution >= 0.6 is 0 Å². The summed E-state index contributed by atoms with van der Waals surface area (Å²) in [5.41, 5.74) is 9.69. The van der Waals surface area contributed by atoms with E-state index in [1.165, 1.54) is 25.7 Å². The van der Waals surface area contributed by atoms with Gasteiger partial charge in [0.25, 0.3) is 6.47 Å². The summed E-state index contributed by atoms with van der Waals surface area (Å²) < 4.78 is 25.0. The summed E-state index contributed by atoms with van der Waals surface area (Å²) >= 11 is 0. The first-order valence-corrected chi connectivity index (χ1v) is 23.5. The fourth-order valence-electron chi connectivity index (χ4n) is 13.3. The minimum atomic E-state index is -0.802. The molecule has 0 aliphatic heterocycles. The van der Waals surface area contributed by atoms with Gasteiger partial charge in [-0.3, -0.25) is 19.2 Å². The second kappa shape index (κ2) is 19.5. The molecule has 4 aliphatic carbocycles. The average molecular weight is 831 g/mol. The van der Waals surface area contributed by atoms with Crippen molar-refractivity contribution in [1.82, 2.24) is 0 Å². The number of unbranched alkanes of at least 4 members (excludes halogenated alkanes) is 5. The van der Waals surface area contributed by atoms with Crippen LogP contribution in [0.5, 0.6) is 0 Å². The molecule has 4 unspecified atom stereocenters. The Hall–Kier alpha value is -2.20. The number of carbonyl (C=O) groups is 4. The van der Waals surface area contributed by atoms with Gasteiger partial charge in [0.1, 0.15) is 18.3 Å². The van der Waals surface area contributed by atoms with E-state index < -0.39 is 27.3 Å². The zero-order valence-electron chi connectivity index (χ0n) is 39.4. The molecule has 0 aromatic rings. The van der Waals surface area contributed by atoms with E-state index in [0.29, 0.717) is 58.0 Å². The van der Waals surface area contributed by atoms with Crippen molar-refractivity contribution in [3.8, 4) is 0 Å². The minimum absolute atomic E-state index is 0.0563. The molecule has 4 aliphatic rings. The zero-order valence-corrected chi connectivity index (χ0v) is 39.4. The lowest BCUT2D eigenvalue weighted by Gasteiger charge is -2.64. The molecule has 4 saturated carbocycles. The molecule has 4 rings (SSSR count). The molecule has 10 heteroatoms. The van der Waals surface area contributed by atoms with Gasteiger partial charge in [0.05, 0.1) is 17.4 Å². The van der Waals surface area contributed by atoms with Gasteiger partial charge in [-0.05, 0) is 161 Å². The molecule has 0 aromatic carbocycles. The summed E-state index contributed by atoms with van der Waals surface area (Å²) in [6.07, 6.45) is 13.6. The van der Waals surface area contributed by atoms with E-state index in [1.807, 2.05) is 55.4 Å². The van der Waals surface area contributed by atoms with Crippen molar-refractivity contribution in [3.05, 3.63) is 0 Å². The lowest BCUT2D eigenvalue weighted by molar-refractivity contribution is -0.230. The van der Waals surface area contributed by atoms with Crippen LogP contribution in [0, 0.1) is 57.2 Å². The Morgan fingerprint density at radius 3 is 1.97 bits per heavy atom. The van der Waals surface area contributed by atoms with Crippen LogP contribution in [0.2, 0.25) is 0 Å². The van der Waals surface area contributed by atoms with Crippen molar-refractivity contribution in [2.45, 2.75) is 222 Å². The summed E-state index contributed by atoms with van der Waals surface area (Å²) in [5, 5.41) is 0. The van der Waals surface area contributed by atoms with Crippen LogP contribution in [0.3, 0.4) is 0 Å². The smallest absolute Gasteiger partial charge is 0.311 e. The lowest BCUT2D eigenvalue weighted by atomic mass is 9.43. The predicted molar refractivity (Wildman–Crippen MR) is 233 cm³/mol. The highest BCUT2D eigenvalue weighted by Gasteiger charge is 2.68. The van der Waals surface area contributed by atoms with E-state index >= 15 is 0 Å². The Balaban J connectivity index is 1.69. The van der Waals surface area contributed by atoms with Crippen molar-refractivity contribution in [3.63, 3.8) is 0 Å². The van der Waals surface area contributed by atoms with E-state index in [1.54, 1.807) is 0 Å². The van der Waals surface area contributed by atoms with Gasteiger partial charge in [-0.25, -0.2) is 0 Å². The number of fused-ring (bicyclic) bond motifs is 5. The van der Waals surface area contributed by atoms with Crippen LogP contribution in [-0.4, -0.2) is 60.4 Å². The van der Waals surface area contributed by atoms with Crippen LogP contribution in [0.4, 0.5) is 0 Å². The highest BCUT2D eigenvalue weighted by atomic mass is 16.6. The largest absolute Gasteiger partial charge is 0.466 e. The fourth-order valence-corrected chi connectivity index (χ4v) is 13.3. The molecule has 0 saturated heterocycles. The van der Waals surface area contributed by atoms with Gasteiger partial charge < -0.3 is 30.4 Å². The van der Waals surface area contributed by atoms with E-state index in [0.717, 1.165) is 38.5 Å². The molecular formula is C49H86N2O8. The minimum Gasteiger partial charge on any atom is -0.466 e. The van der Waals surface area contributed by atoms with Crippen LogP contribution in [0.15, 0.2) is 0 Å². The molecule has 0 radical (unpaired) electrons. The van der Waals surface area contributed by atoms with E-state index in [4.69, 9.17) is 30.4 Å². The molecule has 340 valence electrons. The molecule has 59 heavy (non-hydrogen) atoms. The van der Waals surface area contributed by atoms with E-state index in [-0.39, 0.29) is 77.1 Å².